The summed E-state index contributed by atoms with van der Waals surface area (Å²) < 4.78 is 11.7. The number of anilines is 1. The maximum atomic E-state index is 12.6. The lowest BCUT2D eigenvalue weighted by Crippen LogP contribution is -2.34. The SMILES string of the molecule is COc1ccc(OCCCN(CCCO)C(C)C)c(C2Sc3cc(Cl)ccc3N2C(C)=O)c1.Cl. The number of rotatable bonds is 11. The quantitative estimate of drug-likeness (QED) is 0.372. The molecule has 1 amide bonds. The van der Waals surface area contributed by atoms with Gasteiger partial charge in [-0.3, -0.25) is 9.69 Å². The first kappa shape index (κ1) is 28.6. The average Bonchev–Trinajstić information content (AvgIpc) is 3.17. The fourth-order valence-corrected chi connectivity index (χ4v) is 5.59. The van der Waals surface area contributed by atoms with Gasteiger partial charge in [-0.25, -0.2) is 0 Å². The zero-order valence-corrected chi connectivity index (χ0v) is 22.5. The summed E-state index contributed by atoms with van der Waals surface area (Å²) in [5.41, 5.74) is 1.75. The van der Waals surface area contributed by atoms with Crippen molar-refractivity contribution in [2.75, 3.05) is 38.3 Å². The third-order valence-electron chi connectivity index (χ3n) is 5.66. The van der Waals surface area contributed by atoms with Crippen LogP contribution in [0.3, 0.4) is 0 Å². The molecular weight excluding hydrogens is 495 g/mol. The highest BCUT2D eigenvalue weighted by Crippen LogP contribution is 2.54. The molecule has 2 aromatic rings. The Hall–Kier alpha value is -1.64. The van der Waals surface area contributed by atoms with Crippen molar-refractivity contribution in [3.05, 3.63) is 47.0 Å². The maximum absolute atomic E-state index is 12.6. The van der Waals surface area contributed by atoms with Gasteiger partial charge in [-0.2, -0.15) is 0 Å². The lowest BCUT2D eigenvalue weighted by Gasteiger charge is -2.27. The molecule has 0 aromatic heterocycles. The average molecular weight is 530 g/mol. The third kappa shape index (κ3) is 6.95. The van der Waals surface area contributed by atoms with Crippen molar-refractivity contribution in [3.63, 3.8) is 0 Å². The fourth-order valence-electron chi connectivity index (χ4n) is 3.95. The number of thioether (sulfide) groups is 1. The highest BCUT2D eigenvalue weighted by Gasteiger charge is 2.36. The molecule has 188 valence electrons. The van der Waals surface area contributed by atoms with Crippen LogP contribution < -0.4 is 14.4 Å². The third-order valence-corrected chi connectivity index (χ3v) is 7.16. The molecule has 0 spiro atoms. The molecule has 0 saturated carbocycles. The summed E-state index contributed by atoms with van der Waals surface area (Å²) >= 11 is 7.79. The Balaban J connectivity index is 0.00000408. The highest BCUT2D eigenvalue weighted by molar-refractivity contribution is 8.00. The minimum absolute atomic E-state index is 0. The highest BCUT2D eigenvalue weighted by atomic mass is 35.5. The van der Waals surface area contributed by atoms with Gasteiger partial charge in [0.15, 0.2) is 0 Å². The molecule has 0 bridgehead atoms. The second kappa shape index (κ2) is 13.4. The van der Waals surface area contributed by atoms with Crippen LogP contribution in [-0.4, -0.2) is 55.4 Å². The van der Waals surface area contributed by atoms with Gasteiger partial charge in [0.25, 0.3) is 0 Å². The van der Waals surface area contributed by atoms with Crippen molar-refractivity contribution in [1.82, 2.24) is 4.90 Å². The van der Waals surface area contributed by atoms with E-state index in [-0.39, 0.29) is 30.3 Å². The molecule has 0 saturated heterocycles. The molecule has 34 heavy (non-hydrogen) atoms. The summed E-state index contributed by atoms with van der Waals surface area (Å²) in [5, 5.41) is 9.51. The molecule has 0 radical (unpaired) electrons. The first-order valence-corrected chi connectivity index (χ1v) is 12.5. The van der Waals surface area contributed by atoms with Gasteiger partial charge in [0.2, 0.25) is 5.91 Å². The molecule has 1 unspecified atom stereocenters. The molecule has 1 aliphatic rings. The maximum Gasteiger partial charge on any atom is 0.225 e. The summed E-state index contributed by atoms with van der Waals surface area (Å²) in [4.78, 5) is 17.7. The Kier molecular flexibility index (Phi) is 11.3. The Bertz CT molecular complexity index is 961. The number of aliphatic hydroxyl groups is 1. The van der Waals surface area contributed by atoms with Crippen molar-refractivity contribution in [2.45, 2.75) is 49.9 Å². The number of halogens is 2. The zero-order chi connectivity index (χ0) is 24.0. The normalized spacial score (nSPS) is 14.8. The topological polar surface area (TPSA) is 62.2 Å². The number of aliphatic hydroxyl groups excluding tert-OH is 1. The van der Waals surface area contributed by atoms with E-state index in [0.29, 0.717) is 23.4 Å². The number of carbonyl (C=O) groups excluding carboxylic acids is 1. The van der Waals surface area contributed by atoms with Crippen LogP contribution >= 0.6 is 35.8 Å². The van der Waals surface area contributed by atoms with Crippen LogP contribution in [0, 0.1) is 0 Å². The van der Waals surface area contributed by atoms with Gasteiger partial charge < -0.3 is 19.5 Å². The lowest BCUT2D eigenvalue weighted by atomic mass is 10.1. The molecule has 3 rings (SSSR count). The van der Waals surface area contributed by atoms with E-state index in [2.05, 4.69) is 18.7 Å². The molecule has 1 aliphatic heterocycles. The predicted molar refractivity (Wildman–Crippen MR) is 142 cm³/mol. The second-order valence-electron chi connectivity index (χ2n) is 8.28. The number of hydrogen-bond donors (Lipinski definition) is 1. The van der Waals surface area contributed by atoms with Gasteiger partial charge in [0.05, 0.1) is 19.4 Å². The van der Waals surface area contributed by atoms with E-state index in [1.807, 2.05) is 30.3 Å². The molecule has 9 heteroatoms. The van der Waals surface area contributed by atoms with Gasteiger partial charge in [0, 0.05) is 48.1 Å². The second-order valence-corrected chi connectivity index (χ2v) is 9.84. The van der Waals surface area contributed by atoms with Gasteiger partial charge in [-0.1, -0.05) is 23.4 Å². The Morgan fingerprint density at radius 2 is 1.94 bits per heavy atom. The van der Waals surface area contributed by atoms with Crippen LogP contribution in [0.4, 0.5) is 5.69 Å². The van der Waals surface area contributed by atoms with Crippen molar-refractivity contribution in [1.29, 1.82) is 0 Å². The Morgan fingerprint density at radius 1 is 1.21 bits per heavy atom. The molecular formula is C25H34Cl2N2O4S. The number of carbonyl (C=O) groups is 1. The summed E-state index contributed by atoms with van der Waals surface area (Å²) in [7, 11) is 1.63. The Morgan fingerprint density at radius 3 is 2.59 bits per heavy atom. The van der Waals surface area contributed by atoms with E-state index in [1.165, 1.54) is 0 Å². The van der Waals surface area contributed by atoms with E-state index in [1.54, 1.807) is 36.8 Å². The Labute approximate surface area is 218 Å². The molecule has 0 fully saturated rings. The number of amides is 1. The zero-order valence-electron chi connectivity index (χ0n) is 20.1. The number of ether oxygens (including phenoxy) is 2. The molecule has 1 heterocycles. The number of fused-ring (bicyclic) bond motifs is 1. The first-order valence-electron chi connectivity index (χ1n) is 11.3. The fraction of sp³-hybridized carbons (Fsp3) is 0.480. The molecule has 1 N–H and O–H groups in total. The van der Waals surface area contributed by atoms with Gasteiger partial charge >= 0.3 is 0 Å². The summed E-state index contributed by atoms with van der Waals surface area (Å²) in [5.74, 6) is 1.41. The largest absolute Gasteiger partial charge is 0.497 e. The van der Waals surface area contributed by atoms with Crippen LogP contribution in [0.1, 0.15) is 44.6 Å². The van der Waals surface area contributed by atoms with Crippen LogP contribution in [0.5, 0.6) is 11.5 Å². The number of nitrogens with zero attached hydrogens (tertiary/aromatic N) is 2. The minimum atomic E-state index is -0.266. The van der Waals surface area contributed by atoms with Gasteiger partial charge in [-0.15, -0.1) is 12.4 Å². The lowest BCUT2D eigenvalue weighted by molar-refractivity contribution is -0.116. The van der Waals surface area contributed by atoms with Crippen LogP contribution in [0.15, 0.2) is 41.3 Å². The van der Waals surface area contributed by atoms with E-state index in [9.17, 15) is 4.79 Å². The number of methoxy groups -OCH3 is 1. The van der Waals surface area contributed by atoms with Crippen molar-refractivity contribution in [2.24, 2.45) is 0 Å². The summed E-state index contributed by atoms with van der Waals surface area (Å²) in [6.07, 6.45) is 1.63. The smallest absolute Gasteiger partial charge is 0.225 e. The molecule has 0 aliphatic carbocycles. The van der Waals surface area contributed by atoms with Crippen LogP contribution in [-0.2, 0) is 4.79 Å². The monoisotopic (exact) mass is 528 g/mol. The summed E-state index contributed by atoms with van der Waals surface area (Å²) in [6, 6.07) is 11.7. The standard InChI is InChI=1S/C25H33ClN2O4S.ClH/c1-17(2)27(11-5-13-29)12-6-14-32-23-10-8-20(31-4)16-21(23)25-28(18(3)30)22-9-7-19(26)15-24(22)33-25;/h7-10,15-17,25,29H,5-6,11-14H2,1-4H3;1H. The first-order chi connectivity index (χ1) is 15.8. The van der Waals surface area contributed by atoms with Gasteiger partial charge in [0.1, 0.15) is 16.9 Å². The van der Waals surface area contributed by atoms with E-state index in [0.717, 1.165) is 47.8 Å². The van der Waals surface area contributed by atoms with E-state index >= 15 is 0 Å². The van der Waals surface area contributed by atoms with Crippen molar-refractivity contribution < 1.29 is 19.4 Å². The minimum Gasteiger partial charge on any atom is -0.497 e. The van der Waals surface area contributed by atoms with E-state index in [4.69, 9.17) is 26.2 Å². The number of benzene rings is 2. The van der Waals surface area contributed by atoms with E-state index < -0.39 is 0 Å². The molecule has 2 aromatic carbocycles. The summed E-state index contributed by atoms with van der Waals surface area (Å²) in [6.45, 7) is 8.42. The van der Waals surface area contributed by atoms with Crippen molar-refractivity contribution in [3.8, 4) is 11.5 Å². The number of hydrogen-bond acceptors (Lipinski definition) is 6. The predicted octanol–water partition coefficient (Wildman–Crippen LogP) is 5.79. The van der Waals surface area contributed by atoms with Crippen LogP contribution in [0.25, 0.3) is 0 Å². The molecule has 1 atom stereocenters. The van der Waals surface area contributed by atoms with Crippen molar-refractivity contribution >= 4 is 47.4 Å². The molecule has 6 nitrogen and oxygen atoms in total. The van der Waals surface area contributed by atoms with Crippen LogP contribution in [0.2, 0.25) is 5.02 Å². The van der Waals surface area contributed by atoms with Gasteiger partial charge in [-0.05, 0) is 63.1 Å².